The minimum atomic E-state index is 0.126. The first kappa shape index (κ1) is 18.9. The van der Waals surface area contributed by atoms with Crippen molar-refractivity contribution in [1.29, 1.82) is 0 Å². The molecule has 0 spiro atoms. The summed E-state index contributed by atoms with van der Waals surface area (Å²) in [5.74, 6) is 0.984. The SMILES string of the molecule is Cc1ccc2c(c1)-c1c(cnn1CC(=O)N1CCN(Cc3ccccc3)CC1)CO2. The van der Waals surface area contributed by atoms with Crippen LogP contribution >= 0.6 is 0 Å². The third-order valence-corrected chi connectivity index (χ3v) is 5.95. The zero-order valence-corrected chi connectivity index (χ0v) is 17.3. The lowest BCUT2D eigenvalue weighted by Crippen LogP contribution is -2.49. The van der Waals surface area contributed by atoms with E-state index in [0.29, 0.717) is 6.61 Å². The first-order valence-corrected chi connectivity index (χ1v) is 10.5. The monoisotopic (exact) mass is 402 g/mol. The predicted octanol–water partition coefficient (Wildman–Crippen LogP) is 3.10. The Kier molecular flexibility index (Phi) is 5.01. The van der Waals surface area contributed by atoms with Gasteiger partial charge in [-0.15, -0.1) is 0 Å². The van der Waals surface area contributed by atoms with Crippen LogP contribution in [-0.4, -0.2) is 51.7 Å². The topological polar surface area (TPSA) is 50.6 Å². The summed E-state index contributed by atoms with van der Waals surface area (Å²) in [6.07, 6.45) is 1.83. The highest BCUT2D eigenvalue weighted by atomic mass is 16.5. The van der Waals surface area contributed by atoms with Gasteiger partial charge in [-0.2, -0.15) is 5.10 Å². The molecule has 1 aromatic heterocycles. The first-order valence-electron chi connectivity index (χ1n) is 10.5. The van der Waals surface area contributed by atoms with Gasteiger partial charge in [-0.1, -0.05) is 42.0 Å². The summed E-state index contributed by atoms with van der Waals surface area (Å²) in [7, 11) is 0. The predicted molar refractivity (Wildman–Crippen MR) is 115 cm³/mol. The van der Waals surface area contributed by atoms with Crippen LogP contribution in [0.1, 0.15) is 16.7 Å². The molecule has 0 aliphatic carbocycles. The molecule has 0 bridgehead atoms. The van der Waals surface area contributed by atoms with Crippen molar-refractivity contribution in [3.63, 3.8) is 0 Å². The van der Waals surface area contributed by atoms with Gasteiger partial charge in [0.2, 0.25) is 5.91 Å². The van der Waals surface area contributed by atoms with Gasteiger partial charge in [-0.3, -0.25) is 14.4 Å². The lowest BCUT2D eigenvalue weighted by atomic mass is 10.0. The smallest absolute Gasteiger partial charge is 0.244 e. The van der Waals surface area contributed by atoms with Gasteiger partial charge in [0.1, 0.15) is 18.9 Å². The molecule has 0 atom stereocenters. The molecule has 6 heteroatoms. The van der Waals surface area contributed by atoms with Gasteiger partial charge < -0.3 is 9.64 Å². The molecule has 1 saturated heterocycles. The lowest BCUT2D eigenvalue weighted by Gasteiger charge is -2.35. The van der Waals surface area contributed by atoms with Crippen molar-refractivity contribution in [2.75, 3.05) is 26.2 Å². The first-order chi connectivity index (χ1) is 14.7. The molecular formula is C24H26N4O2. The largest absolute Gasteiger partial charge is 0.488 e. The number of piperazine rings is 1. The van der Waals surface area contributed by atoms with Crippen LogP contribution in [0, 0.1) is 6.92 Å². The molecule has 1 amide bonds. The van der Waals surface area contributed by atoms with Crippen LogP contribution in [0.15, 0.2) is 54.7 Å². The minimum Gasteiger partial charge on any atom is -0.488 e. The normalized spacial score (nSPS) is 16.0. The van der Waals surface area contributed by atoms with Gasteiger partial charge in [-0.05, 0) is 24.6 Å². The van der Waals surface area contributed by atoms with E-state index < -0.39 is 0 Å². The van der Waals surface area contributed by atoms with E-state index in [1.165, 1.54) is 11.1 Å². The van der Waals surface area contributed by atoms with Crippen molar-refractivity contribution in [3.8, 4) is 17.0 Å². The molecule has 2 aliphatic heterocycles. The van der Waals surface area contributed by atoms with E-state index in [1.807, 2.05) is 34.0 Å². The van der Waals surface area contributed by atoms with E-state index in [1.54, 1.807) is 0 Å². The molecule has 3 aromatic rings. The Morgan fingerprint density at radius 1 is 1.07 bits per heavy atom. The highest BCUT2D eigenvalue weighted by molar-refractivity contribution is 5.78. The van der Waals surface area contributed by atoms with Crippen molar-refractivity contribution >= 4 is 5.91 Å². The van der Waals surface area contributed by atoms with Crippen LogP contribution in [0.25, 0.3) is 11.3 Å². The average molecular weight is 402 g/mol. The summed E-state index contributed by atoms with van der Waals surface area (Å²) in [6.45, 7) is 7.07. The summed E-state index contributed by atoms with van der Waals surface area (Å²) in [5.41, 5.74) is 5.55. The van der Waals surface area contributed by atoms with Crippen LogP contribution in [0.4, 0.5) is 0 Å². The molecule has 3 heterocycles. The van der Waals surface area contributed by atoms with Gasteiger partial charge in [0.15, 0.2) is 0 Å². The second kappa shape index (κ2) is 7.95. The fraction of sp³-hybridized carbons (Fsp3) is 0.333. The van der Waals surface area contributed by atoms with Crippen molar-refractivity contribution in [3.05, 3.63) is 71.4 Å². The molecule has 0 radical (unpaired) electrons. The number of hydrogen-bond acceptors (Lipinski definition) is 4. The maximum absolute atomic E-state index is 13.0. The fourth-order valence-electron chi connectivity index (χ4n) is 4.30. The van der Waals surface area contributed by atoms with Gasteiger partial charge in [0, 0.05) is 43.9 Å². The second-order valence-electron chi connectivity index (χ2n) is 8.11. The van der Waals surface area contributed by atoms with E-state index in [4.69, 9.17) is 4.74 Å². The Labute approximate surface area is 176 Å². The third kappa shape index (κ3) is 3.71. The Morgan fingerprint density at radius 3 is 2.67 bits per heavy atom. The number of fused-ring (bicyclic) bond motifs is 3. The summed E-state index contributed by atoms with van der Waals surface area (Å²) in [6, 6.07) is 16.7. The molecule has 154 valence electrons. The number of aryl methyl sites for hydroxylation is 1. The number of ether oxygens (including phenoxy) is 1. The van der Waals surface area contributed by atoms with Crippen LogP contribution in [0.5, 0.6) is 5.75 Å². The standard InChI is InChI=1S/C24H26N4O2/c1-18-7-8-22-21(13-18)24-20(17-30-22)14-25-28(24)16-23(29)27-11-9-26(10-12-27)15-19-5-3-2-4-6-19/h2-8,13-14H,9-12,15-17H2,1H3. The van der Waals surface area contributed by atoms with Crippen LogP contribution in [0.3, 0.4) is 0 Å². The molecule has 0 N–H and O–H groups in total. The van der Waals surface area contributed by atoms with E-state index >= 15 is 0 Å². The molecule has 0 saturated carbocycles. The summed E-state index contributed by atoms with van der Waals surface area (Å²) < 4.78 is 7.69. The van der Waals surface area contributed by atoms with E-state index in [0.717, 1.165) is 55.3 Å². The van der Waals surface area contributed by atoms with Gasteiger partial charge in [0.25, 0.3) is 0 Å². The van der Waals surface area contributed by atoms with Gasteiger partial charge >= 0.3 is 0 Å². The molecule has 0 unspecified atom stereocenters. The van der Waals surface area contributed by atoms with Gasteiger partial charge in [0.05, 0.1) is 11.9 Å². The summed E-state index contributed by atoms with van der Waals surface area (Å²) >= 11 is 0. The second-order valence-corrected chi connectivity index (χ2v) is 8.11. The summed E-state index contributed by atoms with van der Waals surface area (Å²) in [5, 5.41) is 4.51. The fourth-order valence-corrected chi connectivity index (χ4v) is 4.30. The summed E-state index contributed by atoms with van der Waals surface area (Å²) in [4.78, 5) is 17.4. The highest BCUT2D eigenvalue weighted by Crippen LogP contribution is 2.37. The van der Waals surface area contributed by atoms with Crippen LogP contribution in [0.2, 0.25) is 0 Å². The van der Waals surface area contributed by atoms with E-state index in [2.05, 4.69) is 47.3 Å². The zero-order valence-electron chi connectivity index (χ0n) is 17.3. The van der Waals surface area contributed by atoms with Gasteiger partial charge in [-0.25, -0.2) is 0 Å². The average Bonchev–Trinajstić information content (AvgIpc) is 3.18. The zero-order chi connectivity index (χ0) is 20.5. The molecule has 2 aromatic carbocycles. The van der Waals surface area contributed by atoms with E-state index in [-0.39, 0.29) is 12.5 Å². The van der Waals surface area contributed by atoms with Crippen molar-refractivity contribution in [2.45, 2.75) is 26.6 Å². The molecule has 6 nitrogen and oxygen atoms in total. The third-order valence-electron chi connectivity index (χ3n) is 5.95. The Balaban J connectivity index is 1.25. The minimum absolute atomic E-state index is 0.126. The quantitative estimate of drug-likeness (QED) is 0.673. The molecular weight excluding hydrogens is 376 g/mol. The maximum Gasteiger partial charge on any atom is 0.244 e. The maximum atomic E-state index is 13.0. The number of aromatic nitrogens is 2. The number of carbonyl (C=O) groups is 1. The lowest BCUT2D eigenvalue weighted by molar-refractivity contribution is -0.133. The van der Waals surface area contributed by atoms with Crippen molar-refractivity contribution < 1.29 is 9.53 Å². The van der Waals surface area contributed by atoms with Crippen LogP contribution < -0.4 is 4.74 Å². The molecule has 5 rings (SSSR count). The Bertz CT molecular complexity index is 1050. The number of amides is 1. The Morgan fingerprint density at radius 2 is 1.87 bits per heavy atom. The molecule has 30 heavy (non-hydrogen) atoms. The van der Waals surface area contributed by atoms with Crippen molar-refractivity contribution in [1.82, 2.24) is 19.6 Å². The molecule has 1 fully saturated rings. The Hall–Kier alpha value is -3.12. The number of nitrogens with zero attached hydrogens (tertiary/aromatic N) is 4. The van der Waals surface area contributed by atoms with E-state index in [9.17, 15) is 4.79 Å². The number of rotatable bonds is 4. The highest BCUT2D eigenvalue weighted by Gasteiger charge is 2.26. The number of hydrogen-bond donors (Lipinski definition) is 0. The van der Waals surface area contributed by atoms with Crippen LogP contribution in [-0.2, 0) is 24.5 Å². The number of carbonyl (C=O) groups excluding carboxylic acids is 1. The van der Waals surface area contributed by atoms with Crippen molar-refractivity contribution in [2.24, 2.45) is 0 Å². The number of benzene rings is 2. The molecule has 2 aliphatic rings.